The Balaban J connectivity index is 2.60. The summed E-state index contributed by atoms with van der Waals surface area (Å²) in [6.45, 7) is 4.61. The van der Waals surface area contributed by atoms with Crippen molar-refractivity contribution in [1.82, 2.24) is 0 Å². The molecule has 0 heterocycles. The molecule has 1 unspecified atom stereocenters. The van der Waals surface area contributed by atoms with Crippen molar-refractivity contribution >= 4 is 11.7 Å². The molecule has 0 saturated carbocycles. The molecule has 0 amide bonds. The average molecular weight is 236 g/mol. The van der Waals surface area contributed by atoms with Crippen molar-refractivity contribution in [2.75, 3.05) is 25.1 Å². The number of nitrogens with zero attached hydrogens (tertiary/aromatic N) is 1. The monoisotopic (exact) mass is 236 g/mol. The van der Waals surface area contributed by atoms with Crippen LogP contribution >= 0.6 is 0 Å². The van der Waals surface area contributed by atoms with E-state index in [1.54, 1.807) is 6.92 Å². The molecule has 0 radical (unpaired) electrons. The smallest absolute Gasteiger partial charge is 0.324 e. The number of carbonyl (C=O) groups excluding carboxylic acids is 1. The van der Waals surface area contributed by atoms with Gasteiger partial charge in [-0.15, -0.1) is 0 Å². The van der Waals surface area contributed by atoms with E-state index in [2.05, 4.69) is 6.07 Å². The maximum atomic E-state index is 11.4. The summed E-state index contributed by atoms with van der Waals surface area (Å²) in [5.74, 6) is -0.355. The molecular formula is C13H20N2O2. The van der Waals surface area contributed by atoms with Crippen molar-refractivity contribution in [3.05, 3.63) is 29.8 Å². The molecule has 1 rings (SSSR count). The third-order valence-electron chi connectivity index (χ3n) is 2.50. The van der Waals surface area contributed by atoms with Gasteiger partial charge in [-0.1, -0.05) is 12.1 Å². The van der Waals surface area contributed by atoms with Gasteiger partial charge in [-0.05, 0) is 31.5 Å². The van der Waals surface area contributed by atoms with Gasteiger partial charge in [-0.2, -0.15) is 0 Å². The number of rotatable bonds is 5. The van der Waals surface area contributed by atoms with E-state index in [1.165, 1.54) is 5.56 Å². The van der Waals surface area contributed by atoms with Crippen molar-refractivity contribution in [1.29, 1.82) is 0 Å². The van der Waals surface area contributed by atoms with E-state index in [4.69, 9.17) is 10.5 Å². The van der Waals surface area contributed by atoms with Gasteiger partial charge in [0.15, 0.2) is 0 Å². The summed E-state index contributed by atoms with van der Waals surface area (Å²) in [5, 5.41) is 0. The third-order valence-corrected chi connectivity index (χ3v) is 2.50. The fraction of sp³-hybridized carbons (Fsp3) is 0.462. The fourth-order valence-corrected chi connectivity index (χ4v) is 1.59. The molecule has 0 spiro atoms. The lowest BCUT2D eigenvalue weighted by atomic mass is 10.2. The van der Waals surface area contributed by atoms with E-state index < -0.39 is 6.04 Å². The summed E-state index contributed by atoms with van der Waals surface area (Å²) < 4.78 is 4.87. The molecular weight excluding hydrogens is 216 g/mol. The summed E-state index contributed by atoms with van der Waals surface area (Å²) in [7, 11) is 1.91. The van der Waals surface area contributed by atoms with Crippen molar-refractivity contribution in [3.63, 3.8) is 0 Å². The summed E-state index contributed by atoms with van der Waals surface area (Å²) in [6, 6.07) is 7.45. The van der Waals surface area contributed by atoms with E-state index in [9.17, 15) is 4.79 Å². The number of carbonyl (C=O) groups is 1. The van der Waals surface area contributed by atoms with Gasteiger partial charge in [0.1, 0.15) is 6.04 Å². The first kappa shape index (κ1) is 13.5. The number of benzene rings is 1. The quantitative estimate of drug-likeness (QED) is 0.783. The lowest BCUT2D eigenvalue weighted by Crippen LogP contribution is -2.42. The minimum absolute atomic E-state index is 0.355. The van der Waals surface area contributed by atoms with Crippen LogP contribution in [0.25, 0.3) is 0 Å². The SMILES string of the molecule is CCOC(=O)C(N)CN(C)c1cccc(C)c1. The molecule has 0 fully saturated rings. The van der Waals surface area contributed by atoms with Crippen LogP contribution in [0.4, 0.5) is 5.69 Å². The minimum atomic E-state index is -0.611. The molecule has 0 aliphatic heterocycles. The predicted octanol–water partition coefficient (Wildman–Crippen LogP) is 1.32. The second kappa shape index (κ2) is 6.25. The van der Waals surface area contributed by atoms with Crippen molar-refractivity contribution in [2.24, 2.45) is 5.73 Å². The molecule has 0 bridgehead atoms. The zero-order valence-corrected chi connectivity index (χ0v) is 10.6. The zero-order valence-electron chi connectivity index (χ0n) is 10.6. The van der Waals surface area contributed by atoms with Gasteiger partial charge in [-0.25, -0.2) is 0 Å². The van der Waals surface area contributed by atoms with Crippen LogP contribution in [0.2, 0.25) is 0 Å². The van der Waals surface area contributed by atoms with Gasteiger partial charge < -0.3 is 15.4 Å². The lowest BCUT2D eigenvalue weighted by Gasteiger charge is -2.22. The highest BCUT2D eigenvalue weighted by molar-refractivity contribution is 5.76. The summed E-state index contributed by atoms with van der Waals surface area (Å²) in [4.78, 5) is 13.4. The number of hydrogen-bond donors (Lipinski definition) is 1. The van der Waals surface area contributed by atoms with E-state index in [1.807, 2.05) is 37.1 Å². The fourth-order valence-electron chi connectivity index (χ4n) is 1.59. The number of ether oxygens (including phenoxy) is 1. The maximum absolute atomic E-state index is 11.4. The van der Waals surface area contributed by atoms with Crippen LogP contribution in [0.1, 0.15) is 12.5 Å². The normalized spacial score (nSPS) is 12.0. The first-order chi connectivity index (χ1) is 8.04. The summed E-state index contributed by atoms with van der Waals surface area (Å²) in [5.41, 5.74) is 7.99. The van der Waals surface area contributed by atoms with Crippen molar-refractivity contribution in [3.8, 4) is 0 Å². The van der Waals surface area contributed by atoms with Gasteiger partial charge in [0, 0.05) is 19.3 Å². The number of hydrogen-bond acceptors (Lipinski definition) is 4. The van der Waals surface area contributed by atoms with Crippen LogP contribution in [0.5, 0.6) is 0 Å². The Morgan fingerprint density at radius 3 is 2.82 bits per heavy atom. The Bertz CT molecular complexity index is 379. The van der Waals surface area contributed by atoms with Gasteiger partial charge in [-0.3, -0.25) is 4.79 Å². The summed E-state index contributed by atoms with van der Waals surface area (Å²) in [6.07, 6.45) is 0. The first-order valence-electron chi connectivity index (χ1n) is 5.74. The molecule has 2 N–H and O–H groups in total. The minimum Gasteiger partial charge on any atom is -0.465 e. The lowest BCUT2D eigenvalue weighted by molar-refractivity contribution is -0.144. The highest BCUT2D eigenvalue weighted by atomic mass is 16.5. The number of likely N-dealkylation sites (N-methyl/N-ethyl adjacent to an activating group) is 1. The van der Waals surface area contributed by atoms with E-state index in [-0.39, 0.29) is 5.97 Å². The first-order valence-corrected chi connectivity index (χ1v) is 5.74. The molecule has 17 heavy (non-hydrogen) atoms. The van der Waals surface area contributed by atoms with Crippen molar-refractivity contribution in [2.45, 2.75) is 19.9 Å². The molecule has 1 aromatic rings. The van der Waals surface area contributed by atoms with Crippen LogP contribution in [0.15, 0.2) is 24.3 Å². The predicted molar refractivity (Wildman–Crippen MR) is 69.1 cm³/mol. The molecule has 0 aromatic heterocycles. The largest absolute Gasteiger partial charge is 0.465 e. The zero-order chi connectivity index (χ0) is 12.8. The van der Waals surface area contributed by atoms with E-state index >= 15 is 0 Å². The molecule has 4 heteroatoms. The topological polar surface area (TPSA) is 55.6 Å². The van der Waals surface area contributed by atoms with Crippen LogP contribution < -0.4 is 10.6 Å². The number of aryl methyl sites for hydroxylation is 1. The van der Waals surface area contributed by atoms with Gasteiger partial charge in [0.2, 0.25) is 0 Å². The van der Waals surface area contributed by atoms with Gasteiger partial charge in [0.25, 0.3) is 0 Å². The Morgan fingerprint density at radius 2 is 2.24 bits per heavy atom. The Kier molecular flexibility index (Phi) is 4.97. The molecule has 0 saturated heterocycles. The molecule has 1 atom stereocenters. The van der Waals surface area contributed by atoms with E-state index in [0.29, 0.717) is 13.2 Å². The van der Waals surface area contributed by atoms with Gasteiger partial charge in [0.05, 0.1) is 6.61 Å². The summed E-state index contributed by atoms with van der Waals surface area (Å²) >= 11 is 0. The standard InChI is InChI=1S/C13H20N2O2/c1-4-17-13(16)12(14)9-15(3)11-7-5-6-10(2)8-11/h5-8,12H,4,9,14H2,1-3H3. The molecule has 1 aromatic carbocycles. The highest BCUT2D eigenvalue weighted by Crippen LogP contribution is 2.14. The Hall–Kier alpha value is -1.55. The Morgan fingerprint density at radius 1 is 1.53 bits per heavy atom. The highest BCUT2D eigenvalue weighted by Gasteiger charge is 2.16. The van der Waals surface area contributed by atoms with E-state index in [0.717, 1.165) is 5.69 Å². The molecule has 0 aliphatic rings. The second-order valence-corrected chi connectivity index (χ2v) is 4.08. The average Bonchev–Trinajstić information content (AvgIpc) is 2.29. The van der Waals surface area contributed by atoms with Crippen LogP contribution in [-0.4, -0.2) is 32.2 Å². The number of anilines is 1. The van der Waals surface area contributed by atoms with Crippen LogP contribution in [0.3, 0.4) is 0 Å². The second-order valence-electron chi connectivity index (χ2n) is 4.08. The number of nitrogens with two attached hydrogens (primary N) is 1. The maximum Gasteiger partial charge on any atom is 0.324 e. The van der Waals surface area contributed by atoms with Crippen LogP contribution in [-0.2, 0) is 9.53 Å². The molecule has 94 valence electrons. The van der Waals surface area contributed by atoms with Crippen molar-refractivity contribution < 1.29 is 9.53 Å². The number of esters is 1. The third kappa shape index (κ3) is 4.07. The molecule has 4 nitrogen and oxygen atoms in total. The Labute approximate surface area is 102 Å². The van der Waals surface area contributed by atoms with Gasteiger partial charge >= 0.3 is 5.97 Å². The molecule has 0 aliphatic carbocycles. The van der Waals surface area contributed by atoms with Crippen LogP contribution in [0, 0.1) is 6.92 Å².